The van der Waals surface area contributed by atoms with E-state index in [2.05, 4.69) is 29.2 Å². The Morgan fingerprint density at radius 2 is 1.93 bits per heavy atom. The molecule has 1 fully saturated rings. The number of fused-ring (bicyclic) bond motifs is 1. The van der Waals surface area contributed by atoms with Crippen LogP contribution in [0.15, 0.2) is 24.3 Å². The normalized spacial score (nSPS) is 20.1. The third-order valence-electron chi connectivity index (χ3n) is 6.08. The molecule has 1 aromatic rings. The lowest BCUT2D eigenvalue weighted by molar-refractivity contribution is -0.134. The van der Waals surface area contributed by atoms with Crippen LogP contribution in [0.4, 0.5) is 0 Å². The van der Waals surface area contributed by atoms with Crippen molar-refractivity contribution in [3.63, 3.8) is 0 Å². The maximum Gasteiger partial charge on any atom is 0.223 e. The van der Waals surface area contributed by atoms with Crippen LogP contribution < -0.4 is 5.73 Å². The van der Waals surface area contributed by atoms with Crippen LogP contribution in [-0.2, 0) is 27.2 Å². The van der Waals surface area contributed by atoms with Crippen molar-refractivity contribution in [2.24, 2.45) is 11.7 Å². The molecule has 1 atom stereocenters. The van der Waals surface area contributed by atoms with Gasteiger partial charge in [0, 0.05) is 45.6 Å². The van der Waals surface area contributed by atoms with Gasteiger partial charge in [-0.15, -0.1) is 0 Å². The number of amides is 2. The number of carbonyl (C=O) groups excluding carboxylic acids is 2. The summed E-state index contributed by atoms with van der Waals surface area (Å²) in [6.07, 6.45) is 4.88. The number of methoxy groups -OCH3 is 1. The Balaban J connectivity index is 1.56. The Morgan fingerprint density at radius 1 is 1.21 bits per heavy atom. The molecule has 154 valence electrons. The van der Waals surface area contributed by atoms with Crippen molar-refractivity contribution >= 4 is 11.8 Å². The van der Waals surface area contributed by atoms with Crippen molar-refractivity contribution in [2.45, 2.75) is 44.6 Å². The molecule has 1 aliphatic carbocycles. The SMILES string of the molecule is COCCN(C[C@@H]1CCCN(C2Cc3ccccc3C2)C1)C(=O)CCC(N)=O. The molecule has 2 N–H and O–H groups in total. The minimum absolute atomic E-state index is 0.00115. The third kappa shape index (κ3) is 5.55. The van der Waals surface area contributed by atoms with E-state index in [4.69, 9.17) is 10.5 Å². The number of piperidine rings is 1. The molecule has 2 aliphatic rings. The van der Waals surface area contributed by atoms with Crippen LogP contribution in [-0.4, -0.2) is 67.6 Å². The quantitative estimate of drug-likeness (QED) is 0.698. The van der Waals surface area contributed by atoms with Gasteiger partial charge in [0.1, 0.15) is 0 Å². The van der Waals surface area contributed by atoms with Crippen LogP contribution in [0.3, 0.4) is 0 Å². The maximum absolute atomic E-state index is 12.6. The first-order valence-corrected chi connectivity index (χ1v) is 10.4. The van der Waals surface area contributed by atoms with Gasteiger partial charge >= 0.3 is 0 Å². The number of nitrogens with zero attached hydrogens (tertiary/aromatic N) is 2. The van der Waals surface area contributed by atoms with Crippen molar-refractivity contribution in [3.8, 4) is 0 Å². The Labute approximate surface area is 168 Å². The number of hydrogen-bond donors (Lipinski definition) is 1. The number of likely N-dealkylation sites (tertiary alicyclic amines) is 1. The lowest BCUT2D eigenvalue weighted by Gasteiger charge is -2.38. The lowest BCUT2D eigenvalue weighted by Crippen LogP contribution is -2.47. The summed E-state index contributed by atoms with van der Waals surface area (Å²) >= 11 is 0. The molecule has 3 rings (SSSR count). The molecule has 1 aromatic carbocycles. The van der Waals surface area contributed by atoms with Gasteiger partial charge in [-0.1, -0.05) is 24.3 Å². The molecule has 0 radical (unpaired) electrons. The van der Waals surface area contributed by atoms with Gasteiger partial charge in [0.15, 0.2) is 0 Å². The van der Waals surface area contributed by atoms with Gasteiger partial charge < -0.3 is 15.4 Å². The standard InChI is InChI=1S/C22H33N3O3/c1-28-12-11-25(22(27)9-8-21(23)26)16-17-5-4-10-24(15-17)20-13-18-6-2-3-7-19(18)14-20/h2-3,6-7,17,20H,4-5,8-16H2,1H3,(H2,23,26)/t17-/m1/s1. The van der Waals surface area contributed by atoms with Crippen molar-refractivity contribution in [3.05, 3.63) is 35.4 Å². The van der Waals surface area contributed by atoms with Crippen LogP contribution in [0.2, 0.25) is 0 Å². The molecule has 0 aromatic heterocycles. The highest BCUT2D eigenvalue weighted by Crippen LogP contribution is 2.29. The number of benzene rings is 1. The highest BCUT2D eigenvalue weighted by molar-refractivity contribution is 5.82. The molecule has 6 nitrogen and oxygen atoms in total. The first kappa shape index (κ1) is 20.8. The topological polar surface area (TPSA) is 75.9 Å². The molecule has 1 aliphatic heterocycles. The second-order valence-electron chi connectivity index (χ2n) is 8.13. The van der Waals surface area contributed by atoms with Gasteiger partial charge in [-0.2, -0.15) is 0 Å². The van der Waals surface area contributed by atoms with E-state index in [0.29, 0.717) is 25.1 Å². The van der Waals surface area contributed by atoms with E-state index in [0.717, 1.165) is 38.9 Å². The van der Waals surface area contributed by atoms with Crippen LogP contribution in [0.5, 0.6) is 0 Å². The summed E-state index contributed by atoms with van der Waals surface area (Å²) in [7, 11) is 1.65. The van der Waals surface area contributed by atoms with Crippen molar-refractivity contribution < 1.29 is 14.3 Å². The number of carbonyl (C=O) groups is 2. The van der Waals surface area contributed by atoms with Gasteiger partial charge in [0.25, 0.3) is 0 Å². The predicted molar refractivity (Wildman–Crippen MR) is 109 cm³/mol. The van der Waals surface area contributed by atoms with Gasteiger partial charge in [-0.3, -0.25) is 14.5 Å². The lowest BCUT2D eigenvalue weighted by atomic mass is 9.95. The van der Waals surface area contributed by atoms with E-state index >= 15 is 0 Å². The van der Waals surface area contributed by atoms with E-state index in [1.54, 1.807) is 7.11 Å². The summed E-state index contributed by atoms with van der Waals surface area (Å²) in [5, 5.41) is 0. The largest absolute Gasteiger partial charge is 0.383 e. The minimum Gasteiger partial charge on any atom is -0.383 e. The first-order valence-electron chi connectivity index (χ1n) is 10.4. The van der Waals surface area contributed by atoms with Gasteiger partial charge in [0.2, 0.25) is 11.8 Å². The number of primary amides is 1. The molecule has 6 heteroatoms. The molecule has 0 bridgehead atoms. The van der Waals surface area contributed by atoms with E-state index in [-0.39, 0.29) is 18.7 Å². The number of nitrogens with two attached hydrogens (primary N) is 1. The van der Waals surface area contributed by atoms with E-state index in [1.165, 1.54) is 17.5 Å². The van der Waals surface area contributed by atoms with Crippen LogP contribution in [0.1, 0.15) is 36.8 Å². The van der Waals surface area contributed by atoms with Gasteiger partial charge in [-0.25, -0.2) is 0 Å². The fourth-order valence-corrected chi connectivity index (χ4v) is 4.59. The summed E-state index contributed by atoms with van der Waals surface area (Å²) < 4.78 is 5.18. The summed E-state index contributed by atoms with van der Waals surface area (Å²) in [6.45, 7) is 3.99. The average molecular weight is 388 g/mol. The molecule has 28 heavy (non-hydrogen) atoms. The second kappa shape index (κ2) is 10.0. The van der Waals surface area contributed by atoms with Gasteiger partial charge in [0.05, 0.1) is 6.61 Å². The number of hydrogen-bond acceptors (Lipinski definition) is 4. The van der Waals surface area contributed by atoms with E-state index in [9.17, 15) is 9.59 Å². The fourth-order valence-electron chi connectivity index (χ4n) is 4.59. The number of rotatable bonds is 9. The zero-order chi connectivity index (χ0) is 19.9. The monoisotopic (exact) mass is 387 g/mol. The van der Waals surface area contributed by atoms with Crippen molar-refractivity contribution in [2.75, 3.05) is 39.9 Å². The second-order valence-corrected chi connectivity index (χ2v) is 8.13. The Bertz CT molecular complexity index is 654. The molecule has 0 spiro atoms. The molecule has 1 heterocycles. The molecule has 2 amide bonds. The molecule has 0 unspecified atom stereocenters. The highest BCUT2D eigenvalue weighted by atomic mass is 16.5. The Kier molecular flexibility index (Phi) is 7.45. The zero-order valence-corrected chi connectivity index (χ0v) is 16.9. The van der Waals surface area contributed by atoms with Crippen LogP contribution in [0.25, 0.3) is 0 Å². The summed E-state index contributed by atoms with van der Waals surface area (Å²) in [5.74, 6) is 0.0396. The fraction of sp³-hybridized carbons (Fsp3) is 0.636. The Morgan fingerprint density at radius 3 is 2.57 bits per heavy atom. The molecular formula is C22H33N3O3. The maximum atomic E-state index is 12.6. The molecule has 1 saturated heterocycles. The van der Waals surface area contributed by atoms with Crippen molar-refractivity contribution in [1.82, 2.24) is 9.80 Å². The average Bonchev–Trinajstić information content (AvgIpc) is 3.14. The van der Waals surface area contributed by atoms with Crippen LogP contribution in [0, 0.1) is 5.92 Å². The predicted octanol–water partition coefficient (Wildman–Crippen LogP) is 1.61. The summed E-state index contributed by atoms with van der Waals surface area (Å²) in [5.41, 5.74) is 8.18. The zero-order valence-electron chi connectivity index (χ0n) is 16.9. The summed E-state index contributed by atoms with van der Waals surface area (Å²) in [4.78, 5) is 28.1. The molecule has 0 saturated carbocycles. The third-order valence-corrected chi connectivity index (χ3v) is 6.08. The minimum atomic E-state index is -0.426. The summed E-state index contributed by atoms with van der Waals surface area (Å²) in [6, 6.07) is 9.34. The first-order chi connectivity index (χ1) is 13.6. The number of ether oxygens (including phenoxy) is 1. The van der Waals surface area contributed by atoms with Crippen molar-refractivity contribution in [1.29, 1.82) is 0 Å². The van der Waals surface area contributed by atoms with Gasteiger partial charge in [-0.05, 0) is 49.3 Å². The van der Waals surface area contributed by atoms with E-state index < -0.39 is 5.91 Å². The Hall–Kier alpha value is -1.92. The van der Waals surface area contributed by atoms with Crippen LogP contribution >= 0.6 is 0 Å². The van der Waals surface area contributed by atoms with E-state index in [1.807, 2.05) is 4.90 Å². The molecular weight excluding hydrogens is 354 g/mol. The highest BCUT2D eigenvalue weighted by Gasteiger charge is 2.31. The smallest absolute Gasteiger partial charge is 0.223 e.